The van der Waals surface area contributed by atoms with Gasteiger partial charge in [-0.15, -0.1) is 0 Å². The Labute approximate surface area is 261 Å². The molecule has 0 aliphatic rings. The van der Waals surface area contributed by atoms with E-state index in [0.717, 1.165) is 19.6 Å². The van der Waals surface area contributed by atoms with Gasteiger partial charge in [0.25, 0.3) is 0 Å². The van der Waals surface area contributed by atoms with Crippen molar-refractivity contribution >= 4 is 85.5 Å². The molecule has 0 aliphatic carbocycles. The Balaban J connectivity index is -0.000000688. The first-order valence-corrected chi connectivity index (χ1v) is 11.0. The van der Waals surface area contributed by atoms with Gasteiger partial charge in [0, 0.05) is 39.3 Å². The summed E-state index contributed by atoms with van der Waals surface area (Å²) in [5.41, 5.74) is 0. The summed E-state index contributed by atoms with van der Waals surface area (Å²) in [5, 5.41) is 72.5. The van der Waals surface area contributed by atoms with Crippen LogP contribution in [0.1, 0.15) is 0 Å². The van der Waals surface area contributed by atoms with E-state index in [9.17, 15) is 48.6 Å². The molecule has 0 saturated heterocycles. The maximum Gasteiger partial charge on any atom is 2.00 e. The average Bonchev–Trinajstić information content (AvgIpc) is 2.72. The van der Waals surface area contributed by atoms with Gasteiger partial charge in [-0.25, -0.2) is 0 Å². The molecule has 21 heteroatoms. The topological polar surface area (TPSA) is 317 Å². The molecular formula is C20H30CaN4O16. The van der Waals surface area contributed by atoms with Crippen LogP contribution in [0.2, 0.25) is 0 Å². The summed E-state index contributed by atoms with van der Waals surface area (Å²) < 4.78 is 0. The third-order valence-electron chi connectivity index (χ3n) is 4.32. The minimum atomic E-state index is -1.49. The standard InChI is InChI=1S/2C10H16N2O8.Ca/c2*13-7(14)3-11(4-8(15)16)1-2-12(5-9(17)18)6-10(19)20;/h2*1-6H2,(H,13,14)(H,15,16)(H,17,18)(H,19,20);/q;;+2/p-2. The summed E-state index contributed by atoms with van der Waals surface area (Å²) in [6.45, 7) is -5.00. The number of hydrogen-bond donors (Lipinski definition) is 6. The van der Waals surface area contributed by atoms with Gasteiger partial charge >= 0.3 is 73.6 Å². The van der Waals surface area contributed by atoms with Crippen molar-refractivity contribution in [3.05, 3.63) is 0 Å². The zero-order valence-electron chi connectivity index (χ0n) is 21.7. The van der Waals surface area contributed by atoms with E-state index in [4.69, 9.17) is 30.6 Å². The van der Waals surface area contributed by atoms with Crippen LogP contribution in [0, 0.1) is 0 Å². The molecule has 228 valence electrons. The largest absolute Gasteiger partial charge is 2.00 e. The zero-order chi connectivity index (χ0) is 31.4. The molecule has 0 aromatic carbocycles. The minimum Gasteiger partial charge on any atom is -0.549 e. The van der Waals surface area contributed by atoms with Gasteiger partial charge in [0.05, 0.1) is 51.2 Å². The van der Waals surface area contributed by atoms with Crippen molar-refractivity contribution in [1.29, 1.82) is 0 Å². The van der Waals surface area contributed by atoms with Crippen molar-refractivity contribution in [3.8, 4) is 0 Å². The van der Waals surface area contributed by atoms with Gasteiger partial charge in [-0.2, -0.15) is 0 Å². The van der Waals surface area contributed by atoms with Crippen LogP contribution in [0.3, 0.4) is 0 Å². The molecule has 0 bridgehead atoms. The van der Waals surface area contributed by atoms with Crippen LogP contribution in [-0.2, 0) is 38.4 Å². The van der Waals surface area contributed by atoms with E-state index < -0.39 is 100 Å². The Morgan fingerprint density at radius 2 is 0.512 bits per heavy atom. The van der Waals surface area contributed by atoms with Crippen LogP contribution in [0.15, 0.2) is 0 Å². The molecule has 0 aliphatic heterocycles. The van der Waals surface area contributed by atoms with E-state index in [1.807, 2.05) is 0 Å². The summed E-state index contributed by atoms with van der Waals surface area (Å²) >= 11 is 0. The van der Waals surface area contributed by atoms with E-state index >= 15 is 0 Å². The molecule has 6 N–H and O–H groups in total. The van der Waals surface area contributed by atoms with E-state index in [0.29, 0.717) is 0 Å². The van der Waals surface area contributed by atoms with E-state index in [1.54, 1.807) is 0 Å². The minimum absolute atomic E-state index is 0. The normalized spacial score (nSPS) is 10.4. The fourth-order valence-electron chi connectivity index (χ4n) is 2.93. The van der Waals surface area contributed by atoms with Crippen molar-refractivity contribution in [2.75, 3.05) is 78.5 Å². The number of carbonyl (C=O) groups is 8. The molecule has 0 atom stereocenters. The number of carboxylic acid groups (broad SMARTS) is 8. The van der Waals surface area contributed by atoms with E-state index in [-0.39, 0.29) is 63.9 Å². The predicted octanol–water partition coefficient (Wildman–Crippen LogP) is -7.19. The van der Waals surface area contributed by atoms with Crippen LogP contribution in [-0.4, -0.2) is 214 Å². The number of carbonyl (C=O) groups excluding carboxylic acids is 2. The summed E-state index contributed by atoms with van der Waals surface area (Å²) in [4.78, 5) is 88.3. The monoisotopic (exact) mass is 622 g/mol. The molecule has 0 spiro atoms. The van der Waals surface area contributed by atoms with Crippen LogP contribution in [0.5, 0.6) is 0 Å². The van der Waals surface area contributed by atoms with Crippen LogP contribution >= 0.6 is 0 Å². The number of rotatable bonds is 22. The molecule has 0 aromatic rings. The molecule has 0 saturated carbocycles. The molecule has 0 heterocycles. The molecule has 0 fully saturated rings. The van der Waals surface area contributed by atoms with E-state index in [1.165, 1.54) is 0 Å². The fraction of sp³-hybridized carbons (Fsp3) is 0.600. The third kappa shape index (κ3) is 29.7. The summed E-state index contributed by atoms with van der Waals surface area (Å²) in [7, 11) is 0. The van der Waals surface area contributed by atoms with Crippen molar-refractivity contribution < 1.29 is 79.2 Å². The van der Waals surface area contributed by atoms with Crippen LogP contribution in [0.4, 0.5) is 0 Å². The number of nitrogens with zero attached hydrogens (tertiary/aromatic N) is 4. The quantitative estimate of drug-likeness (QED) is 0.0610. The molecule has 0 unspecified atom stereocenters. The smallest absolute Gasteiger partial charge is 0.549 e. The Hall–Kier alpha value is -3.14. The maximum absolute atomic E-state index is 10.6. The average molecular weight is 623 g/mol. The van der Waals surface area contributed by atoms with Gasteiger partial charge in [0.1, 0.15) is 0 Å². The fourth-order valence-corrected chi connectivity index (χ4v) is 2.93. The second kappa shape index (κ2) is 23.6. The maximum atomic E-state index is 10.6. The summed E-state index contributed by atoms with van der Waals surface area (Å²) in [6, 6.07) is 0. The molecule has 20 nitrogen and oxygen atoms in total. The first-order valence-electron chi connectivity index (χ1n) is 11.0. The third-order valence-corrected chi connectivity index (χ3v) is 4.32. The van der Waals surface area contributed by atoms with E-state index in [2.05, 4.69) is 0 Å². The SMILES string of the molecule is O=C(O)CN(CCN(CC(=O)O)CC(=O)O)CC(=O)O.O=C([O-])CN(CCN(CC(=O)[O-])CC(=O)O)CC(=O)O.[Ca+2]. The second-order valence-corrected chi connectivity index (χ2v) is 7.95. The van der Waals surface area contributed by atoms with Gasteiger partial charge in [-0.3, -0.25) is 48.4 Å². The summed E-state index contributed by atoms with van der Waals surface area (Å²) in [6.07, 6.45) is 0. The van der Waals surface area contributed by atoms with Crippen molar-refractivity contribution in [2.24, 2.45) is 0 Å². The Morgan fingerprint density at radius 3 is 0.634 bits per heavy atom. The molecule has 0 radical (unpaired) electrons. The Kier molecular flexibility index (Phi) is 24.3. The van der Waals surface area contributed by atoms with Crippen molar-refractivity contribution in [1.82, 2.24) is 19.6 Å². The van der Waals surface area contributed by atoms with Crippen LogP contribution in [0.25, 0.3) is 0 Å². The first-order chi connectivity index (χ1) is 18.4. The number of aliphatic carboxylic acids is 8. The van der Waals surface area contributed by atoms with Gasteiger partial charge in [-0.1, -0.05) is 0 Å². The van der Waals surface area contributed by atoms with Gasteiger partial charge < -0.3 is 50.4 Å². The first kappa shape index (κ1) is 42.3. The van der Waals surface area contributed by atoms with Crippen molar-refractivity contribution in [2.45, 2.75) is 0 Å². The summed E-state index contributed by atoms with van der Waals surface area (Å²) in [5.74, 6) is -10.4. The number of carboxylic acids is 8. The molecule has 41 heavy (non-hydrogen) atoms. The zero-order valence-corrected chi connectivity index (χ0v) is 24.0. The van der Waals surface area contributed by atoms with Crippen LogP contribution < -0.4 is 10.2 Å². The van der Waals surface area contributed by atoms with Gasteiger partial charge in [0.2, 0.25) is 0 Å². The van der Waals surface area contributed by atoms with Gasteiger partial charge in [-0.05, 0) is 0 Å². The molecular weight excluding hydrogens is 592 g/mol. The molecule has 0 rings (SSSR count). The number of hydrogen-bond acceptors (Lipinski definition) is 14. The Bertz CT molecular complexity index is 710. The predicted molar refractivity (Wildman–Crippen MR) is 127 cm³/mol. The molecule has 0 amide bonds. The second-order valence-electron chi connectivity index (χ2n) is 7.95. The molecule has 0 aromatic heterocycles. The Morgan fingerprint density at radius 1 is 0.366 bits per heavy atom. The van der Waals surface area contributed by atoms with Gasteiger partial charge in [0.15, 0.2) is 0 Å². The van der Waals surface area contributed by atoms with Crippen molar-refractivity contribution in [3.63, 3.8) is 0 Å².